The molecule has 0 unspecified atom stereocenters. The van der Waals surface area contributed by atoms with E-state index in [-0.39, 0.29) is 24.5 Å². The Kier molecular flexibility index (Phi) is 7.90. The lowest BCUT2D eigenvalue weighted by Gasteiger charge is -2.36. The average Bonchev–Trinajstić information content (AvgIpc) is 3.23. The molecule has 0 aliphatic carbocycles. The van der Waals surface area contributed by atoms with Crippen molar-refractivity contribution in [2.24, 2.45) is 0 Å². The molecule has 0 radical (unpaired) electrons. The number of nitrogens with one attached hydrogen (secondary N) is 1. The number of carbonyl (C=O) groups is 3. The van der Waals surface area contributed by atoms with E-state index in [1.54, 1.807) is 17.0 Å². The van der Waals surface area contributed by atoms with Gasteiger partial charge in [-0.3, -0.25) is 9.59 Å². The number of ether oxygens (including phenoxy) is 2. The summed E-state index contributed by atoms with van der Waals surface area (Å²) in [6.07, 6.45) is 1.55. The Balaban J connectivity index is 1.33. The molecule has 1 aliphatic heterocycles. The summed E-state index contributed by atoms with van der Waals surface area (Å²) in [5.41, 5.74) is 2.06. The highest BCUT2D eigenvalue weighted by Crippen LogP contribution is 2.23. The molecule has 0 saturated carbocycles. The zero-order valence-corrected chi connectivity index (χ0v) is 23.6. The van der Waals surface area contributed by atoms with Crippen LogP contribution < -0.4 is 10.2 Å². The molecule has 9 heteroatoms. The molecule has 4 rings (SSSR count). The molecule has 2 heterocycles. The van der Waals surface area contributed by atoms with Crippen LogP contribution in [0.25, 0.3) is 10.9 Å². The first-order chi connectivity index (χ1) is 18.3. The molecule has 2 aromatic carbocycles. The van der Waals surface area contributed by atoms with Crippen LogP contribution in [0.15, 0.2) is 54.7 Å². The van der Waals surface area contributed by atoms with E-state index in [4.69, 9.17) is 9.47 Å². The van der Waals surface area contributed by atoms with Gasteiger partial charge >= 0.3 is 12.1 Å². The fraction of sp³-hybridized carbons (Fsp3) is 0.433. The molecule has 208 valence electrons. The topological polar surface area (TPSA) is 93.1 Å². The normalized spacial score (nSPS) is 14.3. The van der Waals surface area contributed by atoms with Gasteiger partial charge in [0.05, 0.1) is 0 Å². The molecule has 1 aromatic heterocycles. The van der Waals surface area contributed by atoms with Gasteiger partial charge in [0.15, 0.2) is 0 Å². The third-order valence-corrected chi connectivity index (χ3v) is 6.17. The summed E-state index contributed by atoms with van der Waals surface area (Å²) in [4.78, 5) is 41.4. The van der Waals surface area contributed by atoms with E-state index in [2.05, 4.69) is 10.2 Å². The van der Waals surface area contributed by atoms with Gasteiger partial charge in [0.2, 0.25) is 0 Å². The van der Waals surface area contributed by atoms with Gasteiger partial charge in [0, 0.05) is 60.2 Å². The molecule has 0 atom stereocenters. The molecule has 1 N–H and O–H groups in total. The van der Waals surface area contributed by atoms with E-state index in [1.807, 2.05) is 88.7 Å². The van der Waals surface area contributed by atoms with E-state index >= 15 is 0 Å². The minimum atomic E-state index is -0.535. The van der Waals surface area contributed by atoms with Crippen LogP contribution in [0.2, 0.25) is 0 Å². The number of esters is 1. The lowest BCUT2D eigenvalue weighted by atomic mass is 10.1. The van der Waals surface area contributed by atoms with Crippen molar-refractivity contribution in [2.75, 3.05) is 36.4 Å². The fourth-order valence-electron chi connectivity index (χ4n) is 4.43. The van der Waals surface area contributed by atoms with Gasteiger partial charge in [-0.05, 0) is 90.1 Å². The van der Waals surface area contributed by atoms with Crippen molar-refractivity contribution in [3.63, 3.8) is 0 Å². The second-order valence-electron chi connectivity index (χ2n) is 11.8. The molecule has 9 nitrogen and oxygen atoms in total. The minimum Gasteiger partial charge on any atom is -0.459 e. The Hall–Kier alpha value is -4.01. The van der Waals surface area contributed by atoms with Crippen LogP contribution in [-0.4, -0.2) is 64.8 Å². The summed E-state index contributed by atoms with van der Waals surface area (Å²) in [7, 11) is 0. The van der Waals surface area contributed by atoms with Gasteiger partial charge in [0.1, 0.15) is 17.7 Å². The van der Waals surface area contributed by atoms with Crippen molar-refractivity contribution in [3.05, 3.63) is 60.3 Å². The van der Waals surface area contributed by atoms with Gasteiger partial charge in [-0.25, -0.2) is 4.79 Å². The van der Waals surface area contributed by atoms with E-state index < -0.39 is 11.2 Å². The highest BCUT2D eigenvalue weighted by molar-refractivity contribution is 6.05. The molecule has 1 aliphatic rings. The van der Waals surface area contributed by atoms with Crippen molar-refractivity contribution in [2.45, 2.75) is 59.3 Å². The first-order valence-electron chi connectivity index (χ1n) is 13.2. The smallest absolute Gasteiger partial charge is 0.410 e. The summed E-state index contributed by atoms with van der Waals surface area (Å²) in [5.74, 6) is -0.505. The summed E-state index contributed by atoms with van der Waals surface area (Å²) in [6.45, 7) is 13.8. The number of hydrogen-bond donors (Lipinski definition) is 1. The summed E-state index contributed by atoms with van der Waals surface area (Å²) >= 11 is 0. The highest BCUT2D eigenvalue weighted by Gasteiger charge is 2.26. The summed E-state index contributed by atoms with van der Waals surface area (Å²) in [5, 5.41) is 3.87. The number of aromatic nitrogens is 1. The predicted molar refractivity (Wildman–Crippen MR) is 152 cm³/mol. The third kappa shape index (κ3) is 7.52. The molecular weight excluding hydrogens is 496 g/mol. The van der Waals surface area contributed by atoms with Crippen LogP contribution >= 0.6 is 0 Å². The van der Waals surface area contributed by atoms with E-state index in [9.17, 15) is 14.4 Å². The maximum absolute atomic E-state index is 12.9. The lowest BCUT2D eigenvalue weighted by molar-refractivity contribution is -0.155. The van der Waals surface area contributed by atoms with Crippen LogP contribution in [0.1, 0.15) is 51.9 Å². The van der Waals surface area contributed by atoms with Crippen molar-refractivity contribution in [1.29, 1.82) is 0 Å². The van der Waals surface area contributed by atoms with Crippen molar-refractivity contribution in [3.8, 4) is 0 Å². The van der Waals surface area contributed by atoms with Gasteiger partial charge in [-0.2, -0.15) is 0 Å². The maximum atomic E-state index is 12.9. The Bertz CT molecular complexity index is 1340. The number of benzene rings is 2. The zero-order valence-electron chi connectivity index (χ0n) is 23.6. The van der Waals surface area contributed by atoms with Crippen molar-refractivity contribution < 1.29 is 23.9 Å². The fourth-order valence-corrected chi connectivity index (χ4v) is 4.43. The van der Waals surface area contributed by atoms with E-state index in [1.165, 1.54) is 0 Å². The number of piperazine rings is 1. The number of anilines is 2. The predicted octanol–water partition coefficient (Wildman–Crippen LogP) is 5.29. The standard InChI is InChI=1S/C30H38N4O5/c1-29(2,3)38-26(35)20-34-14-13-22-19-23(9-12-25(22)34)31-27(36)21-7-10-24(11-8-21)32-15-17-33(18-16-32)28(37)39-30(4,5)6/h7-14,19H,15-18,20H2,1-6H3,(H,31,36). The molecule has 3 aromatic rings. The van der Waals surface area contributed by atoms with E-state index in [0.29, 0.717) is 37.4 Å². The Morgan fingerprint density at radius 1 is 0.821 bits per heavy atom. The number of amides is 2. The Labute approximate surface area is 229 Å². The maximum Gasteiger partial charge on any atom is 0.410 e. The van der Waals surface area contributed by atoms with Crippen LogP contribution in [0.4, 0.5) is 16.2 Å². The molecular formula is C30H38N4O5. The molecule has 1 fully saturated rings. The number of nitrogens with zero attached hydrogens (tertiary/aromatic N) is 3. The zero-order chi connectivity index (χ0) is 28.4. The van der Waals surface area contributed by atoms with Crippen LogP contribution in [-0.2, 0) is 20.8 Å². The SMILES string of the molecule is CC(C)(C)OC(=O)Cn1ccc2cc(NC(=O)c3ccc(N4CCN(C(=O)OC(C)(C)C)CC4)cc3)ccc21. The van der Waals surface area contributed by atoms with Gasteiger partial charge < -0.3 is 29.2 Å². The second-order valence-corrected chi connectivity index (χ2v) is 11.8. The largest absolute Gasteiger partial charge is 0.459 e. The molecule has 1 saturated heterocycles. The van der Waals surface area contributed by atoms with E-state index in [0.717, 1.165) is 16.6 Å². The van der Waals surface area contributed by atoms with Gasteiger partial charge in [-0.1, -0.05) is 0 Å². The molecule has 2 amide bonds. The lowest BCUT2D eigenvalue weighted by Crippen LogP contribution is -2.50. The second kappa shape index (κ2) is 11.0. The highest BCUT2D eigenvalue weighted by atomic mass is 16.6. The minimum absolute atomic E-state index is 0.120. The summed E-state index contributed by atoms with van der Waals surface area (Å²) < 4.78 is 12.7. The number of rotatable bonds is 5. The molecule has 39 heavy (non-hydrogen) atoms. The van der Waals surface area contributed by atoms with Crippen molar-refractivity contribution in [1.82, 2.24) is 9.47 Å². The van der Waals surface area contributed by atoms with Crippen LogP contribution in [0.3, 0.4) is 0 Å². The first-order valence-corrected chi connectivity index (χ1v) is 13.2. The van der Waals surface area contributed by atoms with Gasteiger partial charge in [0.25, 0.3) is 5.91 Å². The average molecular weight is 535 g/mol. The Morgan fingerprint density at radius 2 is 1.46 bits per heavy atom. The van der Waals surface area contributed by atoms with Crippen molar-refractivity contribution >= 4 is 40.2 Å². The number of carbonyl (C=O) groups excluding carboxylic acids is 3. The van der Waals surface area contributed by atoms with Crippen LogP contribution in [0.5, 0.6) is 0 Å². The monoisotopic (exact) mass is 534 g/mol. The number of hydrogen-bond acceptors (Lipinski definition) is 6. The third-order valence-electron chi connectivity index (χ3n) is 6.17. The Morgan fingerprint density at radius 3 is 2.08 bits per heavy atom. The molecule has 0 spiro atoms. The first kappa shape index (κ1) is 28.0. The summed E-state index contributed by atoms with van der Waals surface area (Å²) in [6, 6.07) is 15.0. The van der Waals surface area contributed by atoms with Gasteiger partial charge in [-0.15, -0.1) is 0 Å². The quantitative estimate of drug-likeness (QED) is 0.447. The molecule has 0 bridgehead atoms. The van der Waals surface area contributed by atoms with Crippen LogP contribution in [0, 0.1) is 0 Å². The number of fused-ring (bicyclic) bond motifs is 1.